The summed E-state index contributed by atoms with van der Waals surface area (Å²) in [5.41, 5.74) is 2.46. The minimum atomic E-state index is -0.0422. The van der Waals surface area contributed by atoms with Gasteiger partial charge in [0.25, 0.3) is 0 Å². The Hall–Kier alpha value is -1.35. The topological polar surface area (TPSA) is 41.1 Å². The molecule has 1 aliphatic carbocycles. The number of carbonyl (C=O) groups is 1. The van der Waals surface area contributed by atoms with Gasteiger partial charge in [-0.15, -0.1) is 0 Å². The van der Waals surface area contributed by atoms with Crippen LogP contribution >= 0.6 is 0 Å². The lowest BCUT2D eigenvalue weighted by atomic mass is 9.77. The molecule has 21 heavy (non-hydrogen) atoms. The van der Waals surface area contributed by atoms with Crippen LogP contribution in [0.25, 0.3) is 0 Å². The summed E-state index contributed by atoms with van der Waals surface area (Å²) in [6.07, 6.45) is 3.65. The maximum Gasteiger partial charge on any atom is 0.229 e. The molecule has 3 heteroatoms. The summed E-state index contributed by atoms with van der Waals surface area (Å²) in [5, 5.41) is 6.70. The molecule has 3 nitrogen and oxygen atoms in total. The van der Waals surface area contributed by atoms with Gasteiger partial charge in [-0.05, 0) is 29.4 Å². The van der Waals surface area contributed by atoms with Crippen molar-refractivity contribution < 1.29 is 4.79 Å². The molecular weight excluding hydrogens is 260 g/mol. The summed E-state index contributed by atoms with van der Waals surface area (Å²) in [5.74, 6) is 1.44. The molecular formula is C18H26N2O. The van der Waals surface area contributed by atoms with Crippen LogP contribution in [0.15, 0.2) is 24.3 Å². The van der Waals surface area contributed by atoms with Crippen molar-refractivity contribution in [3.05, 3.63) is 35.4 Å². The maximum atomic E-state index is 12.7. The van der Waals surface area contributed by atoms with Gasteiger partial charge in [-0.1, -0.05) is 51.0 Å². The third-order valence-electron chi connectivity index (χ3n) is 5.45. The molecule has 1 heterocycles. The Morgan fingerprint density at radius 2 is 2.05 bits per heavy atom. The van der Waals surface area contributed by atoms with Crippen molar-refractivity contribution in [1.82, 2.24) is 10.6 Å². The lowest BCUT2D eigenvalue weighted by Gasteiger charge is -2.36. The molecule has 1 amide bonds. The van der Waals surface area contributed by atoms with Crippen molar-refractivity contribution in [1.29, 1.82) is 0 Å². The zero-order chi connectivity index (χ0) is 14.8. The van der Waals surface area contributed by atoms with E-state index < -0.39 is 0 Å². The second-order valence-electron chi connectivity index (χ2n) is 6.76. The zero-order valence-corrected chi connectivity index (χ0v) is 13.1. The van der Waals surface area contributed by atoms with Crippen LogP contribution in [0, 0.1) is 11.8 Å². The Balaban J connectivity index is 1.72. The molecule has 0 saturated heterocycles. The third kappa shape index (κ3) is 2.98. The molecule has 0 bridgehead atoms. The number of nitrogens with one attached hydrogen (secondary N) is 2. The molecule has 0 spiro atoms. The van der Waals surface area contributed by atoms with Gasteiger partial charge in [0.15, 0.2) is 0 Å². The highest BCUT2D eigenvalue weighted by molar-refractivity contribution is 5.85. The van der Waals surface area contributed by atoms with Gasteiger partial charge < -0.3 is 10.6 Å². The van der Waals surface area contributed by atoms with Gasteiger partial charge >= 0.3 is 0 Å². The second kappa shape index (κ2) is 6.18. The molecule has 2 N–H and O–H groups in total. The molecule has 1 aromatic rings. The van der Waals surface area contributed by atoms with Crippen molar-refractivity contribution in [3.63, 3.8) is 0 Å². The van der Waals surface area contributed by atoms with Crippen molar-refractivity contribution in [2.24, 2.45) is 11.8 Å². The quantitative estimate of drug-likeness (QED) is 0.878. The lowest BCUT2D eigenvalue weighted by molar-refractivity contribution is -0.124. The van der Waals surface area contributed by atoms with Crippen LogP contribution in [0.4, 0.5) is 0 Å². The van der Waals surface area contributed by atoms with E-state index in [2.05, 4.69) is 36.6 Å². The minimum Gasteiger partial charge on any atom is -0.353 e. The highest BCUT2D eigenvalue weighted by Crippen LogP contribution is 2.30. The number of benzene rings is 1. The van der Waals surface area contributed by atoms with Crippen LogP contribution in [0.2, 0.25) is 0 Å². The second-order valence-corrected chi connectivity index (χ2v) is 6.76. The minimum absolute atomic E-state index is 0.0422. The first-order valence-electron chi connectivity index (χ1n) is 8.25. The molecule has 2 aliphatic rings. The molecule has 0 aromatic heterocycles. The van der Waals surface area contributed by atoms with E-state index in [-0.39, 0.29) is 11.8 Å². The Labute approximate surface area is 127 Å². The van der Waals surface area contributed by atoms with Crippen LogP contribution < -0.4 is 10.6 Å². The van der Waals surface area contributed by atoms with Gasteiger partial charge in [0.1, 0.15) is 0 Å². The number of hydrogen-bond donors (Lipinski definition) is 2. The summed E-state index contributed by atoms with van der Waals surface area (Å²) in [4.78, 5) is 12.7. The van der Waals surface area contributed by atoms with Gasteiger partial charge in [-0.3, -0.25) is 4.79 Å². The van der Waals surface area contributed by atoms with Crippen LogP contribution in [-0.2, 0) is 11.3 Å². The van der Waals surface area contributed by atoms with Crippen molar-refractivity contribution in [2.75, 3.05) is 6.54 Å². The summed E-state index contributed by atoms with van der Waals surface area (Å²) < 4.78 is 0. The van der Waals surface area contributed by atoms with Crippen LogP contribution in [0.3, 0.4) is 0 Å². The molecule has 1 aliphatic heterocycles. The number of amides is 1. The molecule has 4 atom stereocenters. The smallest absolute Gasteiger partial charge is 0.229 e. The molecule has 0 radical (unpaired) electrons. The molecule has 4 unspecified atom stereocenters. The number of carbonyl (C=O) groups excluding carboxylic acids is 1. The van der Waals surface area contributed by atoms with Crippen molar-refractivity contribution >= 4 is 5.91 Å². The van der Waals surface area contributed by atoms with E-state index in [0.29, 0.717) is 17.9 Å². The van der Waals surface area contributed by atoms with Gasteiger partial charge in [0, 0.05) is 19.1 Å². The molecule has 1 saturated carbocycles. The maximum absolute atomic E-state index is 12.7. The fourth-order valence-corrected chi connectivity index (χ4v) is 3.80. The fourth-order valence-electron chi connectivity index (χ4n) is 3.80. The molecule has 3 rings (SSSR count). The predicted molar refractivity (Wildman–Crippen MR) is 85.0 cm³/mol. The van der Waals surface area contributed by atoms with Crippen LogP contribution in [0.5, 0.6) is 0 Å². The molecule has 114 valence electrons. The average molecular weight is 286 g/mol. The Kier molecular flexibility index (Phi) is 4.29. The number of rotatable bonds is 2. The van der Waals surface area contributed by atoms with Crippen molar-refractivity contribution in [2.45, 2.75) is 51.6 Å². The van der Waals surface area contributed by atoms with Crippen LogP contribution in [-0.4, -0.2) is 18.5 Å². The molecule has 1 fully saturated rings. The first-order chi connectivity index (χ1) is 10.2. The Morgan fingerprint density at radius 1 is 1.24 bits per heavy atom. The first kappa shape index (κ1) is 14.6. The summed E-state index contributed by atoms with van der Waals surface area (Å²) >= 11 is 0. The van der Waals surface area contributed by atoms with E-state index in [1.54, 1.807) is 0 Å². The van der Waals surface area contributed by atoms with E-state index in [1.807, 2.05) is 12.1 Å². The SMILES string of the molecule is CC1CCCC(NC(=O)C2CNCc3ccccc32)C1C. The van der Waals surface area contributed by atoms with Gasteiger partial charge in [-0.2, -0.15) is 0 Å². The van der Waals surface area contributed by atoms with E-state index in [9.17, 15) is 4.79 Å². The molecule has 1 aromatic carbocycles. The van der Waals surface area contributed by atoms with Crippen molar-refractivity contribution in [3.8, 4) is 0 Å². The van der Waals surface area contributed by atoms with Gasteiger partial charge in [0.2, 0.25) is 5.91 Å². The van der Waals surface area contributed by atoms with E-state index in [4.69, 9.17) is 0 Å². The van der Waals surface area contributed by atoms with E-state index in [0.717, 1.165) is 19.5 Å². The largest absolute Gasteiger partial charge is 0.353 e. The standard InChI is InChI=1S/C18H26N2O/c1-12-6-5-9-17(13(12)2)20-18(21)16-11-19-10-14-7-3-4-8-15(14)16/h3-4,7-8,12-13,16-17,19H,5-6,9-11H2,1-2H3,(H,20,21). The summed E-state index contributed by atoms with van der Waals surface area (Å²) in [6.45, 7) is 6.21. The number of fused-ring (bicyclic) bond motifs is 1. The monoisotopic (exact) mass is 286 g/mol. The normalized spacial score (nSPS) is 32.3. The predicted octanol–water partition coefficient (Wildman–Crippen LogP) is 2.81. The highest BCUT2D eigenvalue weighted by Gasteiger charge is 2.32. The average Bonchev–Trinajstić information content (AvgIpc) is 2.51. The Bertz CT molecular complexity index is 514. The van der Waals surface area contributed by atoms with E-state index in [1.165, 1.54) is 24.0 Å². The Morgan fingerprint density at radius 3 is 2.90 bits per heavy atom. The zero-order valence-electron chi connectivity index (χ0n) is 13.1. The summed E-state index contributed by atoms with van der Waals surface area (Å²) in [6, 6.07) is 8.65. The lowest BCUT2D eigenvalue weighted by Crippen LogP contribution is -2.47. The van der Waals surface area contributed by atoms with Gasteiger partial charge in [0.05, 0.1) is 5.92 Å². The fraction of sp³-hybridized carbons (Fsp3) is 0.611. The number of hydrogen-bond acceptors (Lipinski definition) is 2. The van der Waals surface area contributed by atoms with E-state index >= 15 is 0 Å². The van der Waals surface area contributed by atoms with Crippen LogP contribution in [0.1, 0.15) is 50.2 Å². The first-order valence-corrected chi connectivity index (χ1v) is 8.25. The third-order valence-corrected chi connectivity index (χ3v) is 5.45. The highest BCUT2D eigenvalue weighted by atomic mass is 16.2. The van der Waals surface area contributed by atoms with Gasteiger partial charge in [-0.25, -0.2) is 0 Å². The summed E-state index contributed by atoms with van der Waals surface area (Å²) in [7, 11) is 0.